The zero-order chi connectivity index (χ0) is 23.2. The van der Waals surface area contributed by atoms with Gasteiger partial charge in [-0.2, -0.15) is 0 Å². The van der Waals surface area contributed by atoms with E-state index in [-0.39, 0.29) is 11.2 Å². The number of amides is 1. The Kier molecular flexibility index (Phi) is 7.33. The lowest BCUT2D eigenvalue weighted by molar-refractivity contribution is -0.117. The molecule has 1 unspecified atom stereocenters. The Morgan fingerprint density at radius 1 is 1.06 bits per heavy atom. The molecule has 4 aromatic rings. The Hall–Kier alpha value is -3.27. The largest absolute Gasteiger partial charge is 0.382 e. The summed E-state index contributed by atoms with van der Waals surface area (Å²) in [5, 5.41) is 0.193. The third kappa shape index (κ3) is 5.22. The molecule has 0 bridgehead atoms. The van der Waals surface area contributed by atoms with Crippen molar-refractivity contribution in [2.75, 3.05) is 5.73 Å². The maximum atomic E-state index is 12.0. The number of hydrogen-bond donors (Lipinski definition) is 2. The SMILES string of the molecule is CCCCc1nc2c(N)nc3cccnc3c2n1CCCCC(Sc1ncccn1)C(N)=O. The van der Waals surface area contributed by atoms with Gasteiger partial charge in [0, 0.05) is 31.6 Å². The van der Waals surface area contributed by atoms with Crippen molar-refractivity contribution in [1.29, 1.82) is 0 Å². The van der Waals surface area contributed by atoms with Crippen LogP contribution in [-0.4, -0.2) is 40.6 Å². The fourth-order valence-electron chi connectivity index (χ4n) is 3.87. The average molecular weight is 465 g/mol. The van der Waals surface area contributed by atoms with E-state index in [1.54, 1.807) is 24.7 Å². The van der Waals surface area contributed by atoms with E-state index >= 15 is 0 Å². The van der Waals surface area contributed by atoms with Gasteiger partial charge in [0.1, 0.15) is 22.4 Å². The molecule has 0 spiro atoms. The van der Waals surface area contributed by atoms with Gasteiger partial charge in [-0.3, -0.25) is 9.78 Å². The number of carbonyl (C=O) groups excluding carboxylic acids is 1. The van der Waals surface area contributed by atoms with E-state index in [4.69, 9.17) is 16.5 Å². The molecule has 0 aliphatic rings. The molecule has 9 nitrogen and oxygen atoms in total. The van der Waals surface area contributed by atoms with Crippen molar-refractivity contribution < 1.29 is 4.79 Å². The Morgan fingerprint density at radius 2 is 1.85 bits per heavy atom. The molecule has 0 aliphatic carbocycles. The number of carbonyl (C=O) groups is 1. The summed E-state index contributed by atoms with van der Waals surface area (Å²) in [5.41, 5.74) is 15.1. The smallest absolute Gasteiger partial charge is 0.231 e. The first-order valence-corrected chi connectivity index (χ1v) is 12.1. The quantitative estimate of drug-likeness (QED) is 0.195. The number of nitrogen functional groups attached to an aromatic ring is 1. The summed E-state index contributed by atoms with van der Waals surface area (Å²) in [5.74, 6) is 1.07. The molecule has 0 saturated carbocycles. The second-order valence-electron chi connectivity index (χ2n) is 7.88. The van der Waals surface area contributed by atoms with Crippen LogP contribution in [0.5, 0.6) is 0 Å². The Morgan fingerprint density at radius 3 is 2.61 bits per heavy atom. The van der Waals surface area contributed by atoms with Crippen molar-refractivity contribution >= 4 is 45.6 Å². The van der Waals surface area contributed by atoms with Crippen LogP contribution in [0.4, 0.5) is 5.82 Å². The number of nitrogens with two attached hydrogens (primary N) is 2. The van der Waals surface area contributed by atoms with Crippen molar-refractivity contribution in [3.8, 4) is 0 Å². The molecule has 4 aromatic heterocycles. The number of aromatic nitrogens is 6. The summed E-state index contributed by atoms with van der Waals surface area (Å²) in [6.07, 6.45) is 10.4. The number of anilines is 1. The molecule has 0 aromatic carbocycles. The number of thioether (sulfide) groups is 1. The predicted molar refractivity (Wildman–Crippen MR) is 131 cm³/mol. The van der Waals surface area contributed by atoms with Gasteiger partial charge in [-0.15, -0.1) is 0 Å². The van der Waals surface area contributed by atoms with E-state index in [9.17, 15) is 4.79 Å². The van der Waals surface area contributed by atoms with E-state index in [1.807, 2.05) is 12.1 Å². The van der Waals surface area contributed by atoms with Gasteiger partial charge in [0.05, 0.1) is 10.8 Å². The maximum Gasteiger partial charge on any atom is 0.231 e. The zero-order valence-corrected chi connectivity index (χ0v) is 19.5. The minimum Gasteiger partial charge on any atom is -0.382 e. The molecule has 0 radical (unpaired) electrons. The number of primary amides is 1. The molecule has 172 valence electrons. The average Bonchev–Trinajstić information content (AvgIpc) is 3.19. The molecule has 1 atom stereocenters. The number of hydrogen-bond acceptors (Lipinski definition) is 8. The number of fused-ring (bicyclic) bond motifs is 3. The summed E-state index contributed by atoms with van der Waals surface area (Å²) in [6.45, 7) is 2.92. The van der Waals surface area contributed by atoms with Gasteiger partial charge < -0.3 is 16.0 Å². The van der Waals surface area contributed by atoms with Gasteiger partial charge in [-0.25, -0.2) is 19.9 Å². The maximum absolute atomic E-state index is 12.0. The van der Waals surface area contributed by atoms with Crippen molar-refractivity contribution in [3.05, 3.63) is 42.6 Å². The third-order valence-electron chi connectivity index (χ3n) is 5.50. The van der Waals surface area contributed by atoms with Crippen LogP contribution >= 0.6 is 11.8 Å². The van der Waals surface area contributed by atoms with Gasteiger partial charge in [-0.1, -0.05) is 31.5 Å². The molecule has 0 saturated heterocycles. The second kappa shape index (κ2) is 10.6. The first-order chi connectivity index (χ1) is 16.1. The van der Waals surface area contributed by atoms with Crippen LogP contribution in [0.25, 0.3) is 22.1 Å². The monoisotopic (exact) mass is 464 g/mol. The molecule has 33 heavy (non-hydrogen) atoms. The summed E-state index contributed by atoms with van der Waals surface area (Å²) < 4.78 is 2.23. The molecule has 4 rings (SSSR count). The summed E-state index contributed by atoms with van der Waals surface area (Å²) in [4.78, 5) is 34.2. The summed E-state index contributed by atoms with van der Waals surface area (Å²) >= 11 is 1.31. The predicted octanol–water partition coefficient (Wildman–Crippen LogP) is 3.51. The van der Waals surface area contributed by atoms with E-state index in [0.717, 1.165) is 61.0 Å². The highest BCUT2D eigenvalue weighted by molar-refractivity contribution is 8.00. The van der Waals surface area contributed by atoms with Gasteiger partial charge >= 0.3 is 0 Å². The standard InChI is InChI=1S/C23H28N8OS/c1-2-3-10-17-30-19-20(18-15(29-21(19)24)8-6-11-26-18)31(17)14-5-4-9-16(22(25)32)33-23-27-12-7-13-28-23/h6-8,11-13,16H,2-5,9-10,14H2,1H3,(H2,24,29)(H2,25,32). The fourth-order valence-corrected chi connectivity index (χ4v) is 4.77. The number of unbranched alkanes of at least 4 members (excludes halogenated alkanes) is 2. The van der Waals surface area contributed by atoms with Crippen LogP contribution in [-0.2, 0) is 17.8 Å². The lowest BCUT2D eigenvalue weighted by Gasteiger charge is -2.13. The zero-order valence-electron chi connectivity index (χ0n) is 18.6. The third-order valence-corrected chi connectivity index (χ3v) is 6.67. The molecule has 4 heterocycles. The fraction of sp³-hybridized carbons (Fsp3) is 0.391. The van der Waals surface area contributed by atoms with Crippen LogP contribution in [0.3, 0.4) is 0 Å². The molecule has 0 fully saturated rings. The summed E-state index contributed by atoms with van der Waals surface area (Å²) in [6, 6.07) is 5.52. The normalized spacial score (nSPS) is 12.4. The number of imidazole rings is 1. The minimum absolute atomic E-state index is 0.349. The van der Waals surface area contributed by atoms with Gasteiger partial charge in [0.15, 0.2) is 11.0 Å². The molecular weight excluding hydrogens is 436 g/mol. The number of rotatable bonds is 11. The van der Waals surface area contributed by atoms with Gasteiger partial charge in [-0.05, 0) is 37.5 Å². The van der Waals surface area contributed by atoms with Crippen LogP contribution in [0.2, 0.25) is 0 Å². The van der Waals surface area contributed by atoms with Crippen molar-refractivity contribution in [2.45, 2.75) is 62.4 Å². The molecule has 10 heteroatoms. The molecule has 1 amide bonds. The van der Waals surface area contributed by atoms with E-state index < -0.39 is 0 Å². The highest BCUT2D eigenvalue weighted by atomic mass is 32.2. The van der Waals surface area contributed by atoms with Crippen molar-refractivity contribution in [2.24, 2.45) is 5.73 Å². The van der Waals surface area contributed by atoms with Gasteiger partial charge in [0.25, 0.3) is 0 Å². The van der Waals surface area contributed by atoms with Crippen molar-refractivity contribution in [3.63, 3.8) is 0 Å². The molecule has 0 aliphatic heterocycles. The topological polar surface area (TPSA) is 138 Å². The lowest BCUT2D eigenvalue weighted by Crippen LogP contribution is -2.26. The van der Waals surface area contributed by atoms with E-state index in [0.29, 0.717) is 22.9 Å². The highest BCUT2D eigenvalue weighted by Crippen LogP contribution is 2.29. The van der Waals surface area contributed by atoms with Crippen LogP contribution < -0.4 is 11.5 Å². The number of pyridine rings is 2. The van der Waals surface area contributed by atoms with Crippen LogP contribution in [0, 0.1) is 0 Å². The second-order valence-corrected chi connectivity index (χ2v) is 9.05. The number of nitrogens with zero attached hydrogens (tertiary/aromatic N) is 6. The Bertz CT molecular complexity index is 1240. The minimum atomic E-state index is -0.367. The van der Waals surface area contributed by atoms with Gasteiger partial charge in [0.2, 0.25) is 5.91 Å². The Balaban J connectivity index is 1.54. The van der Waals surface area contributed by atoms with E-state index in [2.05, 4.69) is 31.4 Å². The molecule has 4 N–H and O–H groups in total. The Labute approximate surface area is 196 Å². The van der Waals surface area contributed by atoms with E-state index in [1.165, 1.54) is 11.8 Å². The van der Waals surface area contributed by atoms with Crippen LogP contribution in [0.1, 0.15) is 44.9 Å². The lowest BCUT2D eigenvalue weighted by atomic mass is 10.1. The highest BCUT2D eigenvalue weighted by Gasteiger charge is 2.20. The summed E-state index contributed by atoms with van der Waals surface area (Å²) in [7, 11) is 0. The molecular formula is C23H28N8OS. The first-order valence-electron chi connectivity index (χ1n) is 11.2. The van der Waals surface area contributed by atoms with Crippen LogP contribution in [0.15, 0.2) is 41.9 Å². The van der Waals surface area contributed by atoms with Crippen molar-refractivity contribution in [1.82, 2.24) is 29.5 Å². The number of aryl methyl sites for hydroxylation is 2. The first kappa shape index (κ1) is 22.9.